The first-order valence-electron chi connectivity index (χ1n) is 8.13. The smallest absolute Gasteiger partial charge is 0.234 e. The van der Waals surface area contributed by atoms with Crippen LogP contribution in [0.3, 0.4) is 0 Å². The van der Waals surface area contributed by atoms with Gasteiger partial charge in [0.15, 0.2) is 0 Å². The number of rotatable bonds is 7. The van der Waals surface area contributed by atoms with Crippen LogP contribution in [0.15, 0.2) is 48.9 Å². The van der Waals surface area contributed by atoms with Crippen molar-refractivity contribution in [3.05, 3.63) is 60.4 Å². The normalized spacial score (nSPS) is 10.9. The van der Waals surface area contributed by atoms with E-state index >= 15 is 0 Å². The molecule has 0 spiro atoms. The quantitative estimate of drug-likeness (QED) is 0.715. The molecule has 1 N–H and O–H groups in total. The van der Waals surface area contributed by atoms with E-state index in [2.05, 4.69) is 20.4 Å². The van der Waals surface area contributed by atoms with Gasteiger partial charge in [-0.15, -0.1) is 0 Å². The second-order valence-corrected chi connectivity index (χ2v) is 5.81. The second kappa shape index (κ2) is 7.74. The number of benzene rings is 1. The topological polar surface area (TPSA) is 64.9 Å². The molecule has 0 amide bonds. The highest BCUT2D eigenvalue weighted by Crippen LogP contribution is 2.12. The zero-order valence-corrected chi connectivity index (χ0v) is 14.2. The van der Waals surface area contributed by atoms with Crippen molar-refractivity contribution in [3.8, 4) is 11.6 Å². The average molecular weight is 341 g/mol. The SMILES string of the molecule is CC(C)Oc1cncc(NCCc2ccn(-c3ccc(F)cc3)n2)n1. The van der Waals surface area contributed by atoms with E-state index in [1.165, 1.54) is 12.1 Å². The predicted octanol–water partition coefficient (Wildman–Crippen LogP) is 3.24. The molecule has 0 aliphatic rings. The maximum Gasteiger partial charge on any atom is 0.234 e. The van der Waals surface area contributed by atoms with Gasteiger partial charge >= 0.3 is 0 Å². The number of nitrogens with one attached hydrogen (secondary N) is 1. The lowest BCUT2D eigenvalue weighted by Gasteiger charge is -2.09. The van der Waals surface area contributed by atoms with Gasteiger partial charge in [-0.25, -0.2) is 9.07 Å². The van der Waals surface area contributed by atoms with Crippen LogP contribution in [-0.4, -0.2) is 32.4 Å². The maximum atomic E-state index is 13.0. The summed E-state index contributed by atoms with van der Waals surface area (Å²) in [6.07, 6.45) is 5.89. The van der Waals surface area contributed by atoms with Crippen molar-refractivity contribution in [1.82, 2.24) is 19.7 Å². The highest BCUT2D eigenvalue weighted by atomic mass is 19.1. The zero-order chi connectivity index (χ0) is 17.6. The summed E-state index contributed by atoms with van der Waals surface area (Å²) in [7, 11) is 0. The molecule has 6 nitrogen and oxygen atoms in total. The van der Waals surface area contributed by atoms with Crippen LogP contribution in [0.2, 0.25) is 0 Å². The molecule has 0 bridgehead atoms. The molecule has 0 aliphatic heterocycles. The molecule has 0 saturated heterocycles. The molecular formula is C18H20FN5O. The Kier molecular flexibility index (Phi) is 5.23. The highest BCUT2D eigenvalue weighted by Gasteiger charge is 2.04. The van der Waals surface area contributed by atoms with Crippen molar-refractivity contribution in [2.24, 2.45) is 0 Å². The van der Waals surface area contributed by atoms with Crippen LogP contribution in [-0.2, 0) is 6.42 Å². The van der Waals surface area contributed by atoms with Crippen LogP contribution >= 0.6 is 0 Å². The van der Waals surface area contributed by atoms with Gasteiger partial charge in [0.05, 0.1) is 29.9 Å². The van der Waals surface area contributed by atoms with Gasteiger partial charge < -0.3 is 10.1 Å². The summed E-state index contributed by atoms with van der Waals surface area (Å²) in [5, 5.41) is 7.70. The predicted molar refractivity (Wildman–Crippen MR) is 93.5 cm³/mol. The lowest BCUT2D eigenvalue weighted by molar-refractivity contribution is 0.232. The minimum atomic E-state index is -0.259. The van der Waals surface area contributed by atoms with E-state index in [1.807, 2.05) is 26.1 Å². The molecule has 0 aliphatic carbocycles. The van der Waals surface area contributed by atoms with Crippen molar-refractivity contribution in [2.75, 3.05) is 11.9 Å². The third-order valence-corrected chi connectivity index (χ3v) is 3.39. The van der Waals surface area contributed by atoms with Gasteiger partial charge in [-0.05, 0) is 44.2 Å². The zero-order valence-electron chi connectivity index (χ0n) is 14.2. The minimum Gasteiger partial charge on any atom is -0.474 e. The minimum absolute atomic E-state index is 0.0555. The number of halogens is 1. The summed E-state index contributed by atoms with van der Waals surface area (Å²) in [5.41, 5.74) is 1.75. The Bertz CT molecular complexity index is 816. The Labute approximate surface area is 145 Å². The largest absolute Gasteiger partial charge is 0.474 e. The fourth-order valence-corrected chi connectivity index (χ4v) is 2.28. The van der Waals surface area contributed by atoms with Crippen LogP contribution in [0.4, 0.5) is 10.2 Å². The number of ether oxygens (including phenoxy) is 1. The first-order valence-corrected chi connectivity index (χ1v) is 8.13. The summed E-state index contributed by atoms with van der Waals surface area (Å²) in [6, 6.07) is 8.17. The summed E-state index contributed by atoms with van der Waals surface area (Å²) in [5.74, 6) is 0.904. The molecule has 0 radical (unpaired) electrons. The fourth-order valence-electron chi connectivity index (χ4n) is 2.28. The van der Waals surface area contributed by atoms with E-state index in [0.717, 1.165) is 17.8 Å². The van der Waals surface area contributed by atoms with Gasteiger partial charge in [-0.1, -0.05) is 0 Å². The molecule has 3 aromatic rings. The maximum absolute atomic E-state index is 13.0. The monoisotopic (exact) mass is 341 g/mol. The van der Waals surface area contributed by atoms with Crippen LogP contribution in [0.5, 0.6) is 5.88 Å². The van der Waals surface area contributed by atoms with Crippen molar-refractivity contribution in [1.29, 1.82) is 0 Å². The van der Waals surface area contributed by atoms with Crippen molar-refractivity contribution < 1.29 is 9.13 Å². The van der Waals surface area contributed by atoms with Crippen LogP contribution in [0.1, 0.15) is 19.5 Å². The van der Waals surface area contributed by atoms with Gasteiger partial charge in [0.25, 0.3) is 0 Å². The Morgan fingerprint density at radius 3 is 2.72 bits per heavy atom. The van der Waals surface area contributed by atoms with Crippen LogP contribution < -0.4 is 10.1 Å². The number of nitrogens with zero attached hydrogens (tertiary/aromatic N) is 4. The summed E-state index contributed by atoms with van der Waals surface area (Å²) < 4.78 is 20.2. The van der Waals surface area contributed by atoms with E-state index in [1.54, 1.807) is 29.2 Å². The molecule has 1 aromatic carbocycles. The summed E-state index contributed by atoms with van der Waals surface area (Å²) in [6.45, 7) is 4.55. The molecular weight excluding hydrogens is 321 g/mol. The fraction of sp³-hybridized carbons (Fsp3) is 0.278. The van der Waals surface area contributed by atoms with Crippen molar-refractivity contribution >= 4 is 5.82 Å². The molecule has 7 heteroatoms. The van der Waals surface area contributed by atoms with E-state index in [4.69, 9.17) is 4.74 Å². The number of hydrogen-bond acceptors (Lipinski definition) is 5. The number of aromatic nitrogens is 4. The van der Waals surface area contributed by atoms with E-state index in [-0.39, 0.29) is 11.9 Å². The number of anilines is 1. The first-order chi connectivity index (χ1) is 12.1. The summed E-state index contributed by atoms with van der Waals surface area (Å²) in [4.78, 5) is 8.46. The van der Waals surface area contributed by atoms with Gasteiger partial charge in [0.1, 0.15) is 11.6 Å². The summed E-state index contributed by atoms with van der Waals surface area (Å²) >= 11 is 0. The van der Waals surface area contributed by atoms with E-state index in [9.17, 15) is 4.39 Å². The lowest BCUT2D eigenvalue weighted by atomic mass is 10.3. The molecule has 2 aromatic heterocycles. The molecule has 0 fully saturated rings. The molecule has 130 valence electrons. The van der Waals surface area contributed by atoms with Gasteiger partial charge in [0.2, 0.25) is 5.88 Å². The average Bonchev–Trinajstić information content (AvgIpc) is 3.04. The molecule has 2 heterocycles. The Morgan fingerprint density at radius 1 is 1.16 bits per heavy atom. The van der Waals surface area contributed by atoms with Crippen LogP contribution in [0, 0.1) is 5.82 Å². The third kappa shape index (κ3) is 4.76. The Balaban J connectivity index is 1.55. The second-order valence-electron chi connectivity index (χ2n) is 5.81. The third-order valence-electron chi connectivity index (χ3n) is 3.39. The van der Waals surface area contributed by atoms with E-state index in [0.29, 0.717) is 18.2 Å². The molecule has 25 heavy (non-hydrogen) atoms. The van der Waals surface area contributed by atoms with Gasteiger partial charge in [-0.2, -0.15) is 10.1 Å². The molecule has 0 atom stereocenters. The lowest BCUT2D eigenvalue weighted by Crippen LogP contribution is -2.10. The Hall–Kier alpha value is -2.96. The van der Waals surface area contributed by atoms with Gasteiger partial charge in [-0.3, -0.25) is 4.98 Å². The molecule has 3 rings (SSSR count). The number of hydrogen-bond donors (Lipinski definition) is 1. The van der Waals surface area contributed by atoms with Crippen LogP contribution in [0.25, 0.3) is 5.69 Å². The highest BCUT2D eigenvalue weighted by molar-refractivity contribution is 5.34. The van der Waals surface area contributed by atoms with Crippen molar-refractivity contribution in [2.45, 2.75) is 26.4 Å². The molecule has 0 unspecified atom stereocenters. The first kappa shape index (κ1) is 16.9. The molecule has 0 saturated carbocycles. The van der Waals surface area contributed by atoms with Gasteiger partial charge in [0, 0.05) is 19.2 Å². The standard InChI is InChI=1S/C18H20FN5O/c1-13(2)25-18-12-20-11-17(22-18)21-9-7-15-8-10-24(23-15)16-5-3-14(19)4-6-16/h3-6,8,10-13H,7,9H2,1-2H3,(H,21,22). The Morgan fingerprint density at radius 2 is 1.96 bits per heavy atom. The van der Waals surface area contributed by atoms with E-state index < -0.39 is 0 Å². The van der Waals surface area contributed by atoms with Crippen molar-refractivity contribution in [3.63, 3.8) is 0 Å².